The molecule has 22 heavy (non-hydrogen) atoms. The molecule has 0 aromatic heterocycles. The SMILES string of the molecule is CN=S(=O)(/C=C1\CCCC[C@H]1[C@@H](O)C(C)C)c1ccccc1. The normalized spacial score (nSPS) is 25.0. The van der Waals surface area contributed by atoms with Crippen LogP contribution in [0.1, 0.15) is 39.5 Å². The summed E-state index contributed by atoms with van der Waals surface area (Å²) in [7, 11) is -0.931. The molecule has 1 N–H and O–H groups in total. The highest BCUT2D eigenvalue weighted by atomic mass is 32.2. The number of nitrogens with zero attached hydrogens (tertiary/aromatic N) is 1. The largest absolute Gasteiger partial charge is 0.392 e. The summed E-state index contributed by atoms with van der Waals surface area (Å²) in [6.07, 6.45) is 3.73. The molecule has 3 atom stereocenters. The van der Waals surface area contributed by atoms with Gasteiger partial charge in [-0.2, -0.15) is 0 Å². The van der Waals surface area contributed by atoms with Gasteiger partial charge in [0, 0.05) is 18.4 Å². The average Bonchev–Trinajstić information content (AvgIpc) is 2.55. The highest BCUT2D eigenvalue weighted by molar-refractivity contribution is 7.96. The lowest BCUT2D eigenvalue weighted by Gasteiger charge is -2.32. The summed E-state index contributed by atoms with van der Waals surface area (Å²) in [5.41, 5.74) is 1.12. The topological polar surface area (TPSA) is 49.7 Å². The monoisotopic (exact) mass is 321 g/mol. The number of rotatable bonds is 4. The van der Waals surface area contributed by atoms with Crippen LogP contribution in [0.15, 0.2) is 50.6 Å². The standard InChI is InChI=1S/C18H27NO2S/c1-14(2)18(20)17-12-8-7-9-15(17)13-22(21,19-3)16-10-5-4-6-11-16/h4-6,10-11,13-14,17-18,20H,7-9,12H2,1-3H3/b15-13+/t17-,18+,22?/m1/s1. The summed E-state index contributed by atoms with van der Waals surface area (Å²) in [5, 5.41) is 12.3. The van der Waals surface area contributed by atoms with Crippen molar-refractivity contribution in [2.24, 2.45) is 16.2 Å². The minimum atomic E-state index is -2.55. The molecule has 2 rings (SSSR count). The lowest BCUT2D eigenvalue weighted by Crippen LogP contribution is -2.29. The van der Waals surface area contributed by atoms with Crippen molar-refractivity contribution < 1.29 is 9.32 Å². The Morgan fingerprint density at radius 2 is 1.95 bits per heavy atom. The van der Waals surface area contributed by atoms with Gasteiger partial charge in [-0.15, -0.1) is 0 Å². The van der Waals surface area contributed by atoms with E-state index in [0.29, 0.717) is 0 Å². The maximum Gasteiger partial charge on any atom is 0.0966 e. The second-order valence-corrected chi connectivity index (χ2v) is 8.55. The number of hydrogen-bond donors (Lipinski definition) is 1. The Bertz CT molecular complexity index is 628. The van der Waals surface area contributed by atoms with Crippen molar-refractivity contribution in [3.05, 3.63) is 41.3 Å². The summed E-state index contributed by atoms with van der Waals surface area (Å²) >= 11 is 0. The van der Waals surface area contributed by atoms with E-state index in [1.165, 1.54) is 0 Å². The maximum atomic E-state index is 13.2. The number of hydrogen-bond acceptors (Lipinski definition) is 3. The van der Waals surface area contributed by atoms with E-state index in [2.05, 4.69) is 4.36 Å². The molecule has 1 aromatic carbocycles. The van der Waals surface area contributed by atoms with Gasteiger partial charge in [-0.05, 0) is 37.3 Å². The Labute approximate surface area is 134 Å². The Hall–Kier alpha value is -1.13. The molecular formula is C18H27NO2S. The first-order chi connectivity index (χ1) is 10.5. The molecule has 1 fully saturated rings. The molecule has 0 aliphatic heterocycles. The molecule has 1 aliphatic carbocycles. The quantitative estimate of drug-likeness (QED) is 0.902. The molecule has 0 bridgehead atoms. The van der Waals surface area contributed by atoms with Crippen molar-refractivity contribution in [1.82, 2.24) is 0 Å². The molecule has 3 nitrogen and oxygen atoms in total. The summed E-state index contributed by atoms with van der Waals surface area (Å²) in [6.45, 7) is 4.07. The van der Waals surface area contributed by atoms with Gasteiger partial charge in [0.25, 0.3) is 0 Å². The van der Waals surface area contributed by atoms with Crippen molar-refractivity contribution in [3.8, 4) is 0 Å². The summed E-state index contributed by atoms with van der Waals surface area (Å²) in [6, 6.07) is 9.42. The van der Waals surface area contributed by atoms with Crippen LogP contribution in [0, 0.1) is 11.8 Å². The third-order valence-corrected chi connectivity index (χ3v) is 6.58. The van der Waals surface area contributed by atoms with E-state index in [9.17, 15) is 9.32 Å². The van der Waals surface area contributed by atoms with Crippen molar-refractivity contribution in [2.75, 3.05) is 7.05 Å². The molecule has 1 saturated carbocycles. The highest BCUT2D eigenvalue weighted by Crippen LogP contribution is 2.35. The van der Waals surface area contributed by atoms with Gasteiger partial charge >= 0.3 is 0 Å². The molecule has 122 valence electrons. The van der Waals surface area contributed by atoms with E-state index >= 15 is 0 Å². The Balaban J connectivity index is 2.41. The fourth-order valence-corrected chi connectivity index (χ4v) is 4.81. The van der Waals surface area contributed by atoms with Crippen molar-refractivity contribution in [2.45, 2.75) is 50.5 Å². The van der Waals surface area contributed by atoms with E-state index in [1.54, 1.807) is 7.05 Å². The molecule has 0 saturated heterocycles. The molecule has 0 amide bonds. The Morgan fingerprint density at radius 3 is 2.55 bits per heavy atom. The first kappa shape index (κ1) is 17.2. The summed E-state index contributed by atoms with van der Waals surface area (Å²) in [4.78, 5) is 0.744. The summed E-state index contributed by atoms with van der Waals surface area (Å²) in [5.74, 6) is 0.317. The van der Waals surface area contributed by atoms with Crippen molar-refractivity contribution in [3.63, 3.8) is 0 Å². The van der Waals surface area contributed by atoms with E-state index < -0.39 is 9.73 Å². The van der Waals surface area contributed by atoms with Gasteiger partial charge in [-0.3, -0.25) is 0 Å². The van der Waals surface area contributed by atoms with Gasteiger partial charge in [0.15, 0.2) is 0 Å². The van der Waals surface area contributed by atoms with Crippen LogP contribution in [0.4, 0.5) is 0 Å². The number of aliphatic hydroxyl groups is 1. The van der Waals surface area contributed by atoms with Gasteiger partial charge in [0.1, 0.15) is 0 Å². The summed E-state index contributed by atoms with van der Waals surface area (Å²) < 4.78 is 17.4. The smallest absolute Gasteiger partial charge is 0.0966 e. The third-order valence-electron chi connectivity index (χ3n) is 4.47. The van der Waals surface area contributed by atoms with E-state index in [-0.39, 0.29) is 17.9 Å². The van der Waals surface area contributed by atoms with Crippen molar-refractivity contribution in [1.29, 1.82) is 0 Å². The maximum absolute atomic E-state index is 13.2. The van der Waals surface area contributed by atoms with Crippen molar-refractivity contribution >= 4 is 9.73 Å². The van der Waals surface area contributed by atoms with Crippen LogP contribution in [-0.2, 0) is 9.73 Å². The molecule has 0 radical (unpaired) electrons. The molecule has 0 heterocycles. The predicted molar refractivity (Wildman–Crippen MR) is 92.1 cm³/mol. The zero-order valence-electron chi connectivity index (χ0n) is 13.7. The van der Waals surface area contributed by atoms with Gasteiger partial charge in [-0.25, -0.2) is 8.57 Å². The van der Waals surface area contributed by atoms with Crippen LogP contribution < -0.4 is 0 Å². The molecule has 1 aliphatic rings. The minimum absolute atomic E-state index is 0.111. The average molecular weight is 321 g/mol. The van der Waals surface area contributed by atoms with E-state index in [0.717, 1.165) is 36.2 Å². The van der Waals surface area contributed by atoms with Crippen LogP contribution in [0.3, 0.4) is 0 Å². The lowest BCUT2D eigenvalue weighted by atomic mass is 9.78. The second kappa shape index (κ2) is 7.42. The van der Waals surface area contributed by atoms with E-state index in [4.69, 9.17) is 0 Å². The zero-order chi connectivity index (χ0) is 16.2. The van der Waals surface area contributed by atoms with E-state index in [1.807, 2.05) is 49.6 Å². The van der Waals surface area contributed by atoms with Gasteiger partial charge < -0.3 is 5.11 Å². The number of benzene rings is 1. The molecule has 1 unspecified atom stereocenters. The van der Waals surface area contributed by atoms with Crippen LogP contribution in [0.5, 0.6) is 0 Å². The van der Waals surface area contributed by atoms with Crippen LogP contribution in [0.25, 0.3) is 0 Å². The minimum Gasteiger partial charge on any atom is -0.392 e. The highest BCUT2D eigenvalue weighted by Gasteiger charge is 2.29. The lowest BCUT2D eigenvalue weighted by molar-refractivity contribution is 0.0687. The van der Waals surface area contributed by atoms with Gasteiger partial charge in [0.05, 0.1) is 20.7 Å². The zero-order valence-corrected chi connectivity index (χ0v) is 14.6. The first-order valence-electron chi connectivity index (χ1n) is 8.07. The Kier molecular flexibility index (Phi) is 5.81. The van der Waals surface area contributed by atoms with Gasteiger partial charge in [-0.1, -0.05) is 44.0 Å². The molecule has 4 heteroatoms. The first-order valence-corrected chi connectivity index (χ1v) is 9.64. The molecule has 0 spiro atoms. The van der Waals surface area contributed by atoms with Crippen LogP contribution in [0.2, 0.25) is 0 Å². The Morgan fingerprint density at radius 1 is 1.27 bits per heavy atom. The predicted octanol–water partition coefficient (Wildman–Crippen LogP) is 4.23. The second-order valence-electron chi connectivity index (χ2n) is 6.34. The van der Waals surface area contributed by atoms with Crippen LogP contribution in [-0.4, -0.2) is 22.5 Å². The molecule has 1 aromatic rings. The third kappa shape index (κ3) is 3.79. The molecular weight excluding hydrogens is 294 g/mol. The fraction of sp³-hybridized carbons (Fsp3) is 0.556. The fourth-order valence-electron chi connectivity index (χ4n) is 3.11. The number of aliphatic hydroxyl groups excluding tert-OH is 1. The van der Waals surface area contributed by atoms with Crippen LogP contribution >= 0.6 is 0 Å². The van der Waals surface area contributed by atoms with Gasteiger partial charge in [0.2, 0.25) is 0 Å².